The van der Waals surface area contributed by atoms with Gasteiger partial charge in [0.25, 0.3) is 0 Å². The molecule has 2 N–H and O–H groups in total. The summed E-state index contributed by atoms with van der Waals surface area (Å²) in [5, 5.41) is 4.42. The maximum atomic E-state index is 5.92. The fourth-order valence-electron chi connectivity index (χ4n) is 1.93. The van der Waals surface area contributed by atoms with Crippen LogP contribution in [-0.2, 0) is 7.05 Å². The van der Waals surface area contributed by atoms with Gasteiger partial charge in [-0.1, -0.05) is 11.6 Å². The van der Waals surface area contributed by atoms with Gasteiger partial charge in [-0.2, -0.15) is 5.10 Å². The van der Waals surface area contributed by atoms with E-state index in [0.717, 1.165) is 29.8 Å². The van der Waals surface area contributed by atoms with Crippen molar-refractivity contribution in [2.45, 2.75) is 25.9 Å². The van der Waals surface area contributed by atoms with Crippen molar-refractivity contribution < 1.29 is 4.74 Å². The van der Waals surface area contributed by atoms with Crippen molar-refractivity contribution in [3.05, 3.63) is 29.8 Å². The molecule has 94 valence electrons. The molecule has 1 aromatic heterocycles. The Kier molecular flexibility index (Phi) is 2.51. The van der Waals surface area contributed by atoms with E-state index >= 15 is 0 Å². The molecule has 0 unspecified atom stereocenters. The largest absolute Gasteiger partial charge is 0.490 e. The molecule has 1 aliphatic carbocycles. The molecule has 0 bridgehead atoms. The van der Waals surface area contributed by atoms with Crippen LogP contribution < -0.4 is 10.5 Å². The van der Waals surface area contributed by atoms with Gasteiger partial charge >= 0.3 is 0 Å². The van der Waals surface area contributed by atoms with Crippen molar-refractivity contribution in [1.29, 1.82) is 0 Å². The highest BCUT2D eigenvalue weighted by molar-refractivity contribution is 5.70. The molecule has 4 nitrogen and oxygen atoms in total. The molecule has 1 aliphatic rings. The van der Waals surface area contributed by atoms with Gasteiger partial charge in [-0.25, -0.2) is 0 Å². The Bertz CT molecular complexity index is 565. The number of benzene rings is 1. The van der Waals surface area contributed by atoms with Crippen molar-refractivity contribution in [3.8, 4) is 17.0 Å². The van der Waals surface area contributed by atoms with Crippen LogP contribution in [0.3, 0.4) is 0 Å². The highest BCUT2D eigenvalue weighted by Gasteiger charge is 2.25. The van der Waals surface area contributed by atoms with Crippen molar-refractivity contribution in [1.82, 2.24) is 9.78 Å². The lowest BCUT2D eigenvalue weighted by atomic mass is 10.1. The van der Waals surface area contributed by atoms with Crippen LogP contribution in [-0.4, -0.2) is 15.9 Å². The van der Waals surface area contributed by atoms with E-state index in [1.54, 1.807) is 4.68 Å². The van der Waals surface area contributed by atoms with Gasteiger partial charge in [-0.15, -0.1) is 0 Å². The molecule has 0 amide bonds. The highest BCUT2D eigenvalue weighted by atomic mass is 16.5. The second-order valence-electron chi connectivity index (χ2n) is 4.89. The summed E-state index contributed by atoms with van der Waals surface area (Å²) in [5.41, 5.74) is 8.92. The average Bonchev–Trinajstić information content (AvgIpc) is 3.08. The first-order valence-electron chi connectivity index (χ1n) is 6.20. The van der Waals surface area contributed by atoms with Crippen LogP contribution in [0.2, 0.25) is 0 Å². The third-order valence-electron chi connectivity index (χ3n) is 3.15. The van der Waals surface area contributed by atoms with E-state index in [4.69, 9.17) is 10.5 Å². The molecule has 3 rings (SSSR count). The van der Waals surface area contributed by atoms with Crippen molar-refractivity contribution in [2.75, 3.05) is 5.73 Å². The van der Waals surface area contributed by atoms with Gasteiger partial charge < -0.3 is 10.5 Å². The Hall–Kier alpha value is -1.97. The number of nitrogens with two attached hydrogens (primary N) is 1. The SMILES string of the molecule is Cc1ccc(OC2CC2)c(-c2cc(N)n(C)n2)c1. The summed E-state index contributed by atoms with van der Waals surface area (Å²) in [6.07, 6.45) is 2.68. The first-order valence-corrected chi connectivity index (χ1v) is 6.20. The molecule has 1 fully saturated rings. The predicted octanol–water partition coefficient (Wildman–Crippen LogP) is 2.52. The van der Waals surface area contributed by atoms with Crippen LogP contribution in [0.5, 0.6) is 5.75 Å². The van der Waals surface area contributed by atoms with Gasteiger partial charge in [-0.3, -0.25) is 4.68 Å². The zero-order chi connectivity index (χ0) is 12.7. The molecule has 0 saturated heterocycles. The zero-order valence-electron chi connectivity index (χ0n) is 10.7. The van der Waals surface area contributed by atoms with Gasteiger partial charge in [-0.05, 0) is 31.9 Å². The van der Waals surface area contributed by atoms with Gasteiger partial charge in [0.2, 0.25) is 0 Å². The summed E-state index contributed by atoms with van der Waals surface area (Å²) >= 11 is 0. The molecule has 1 heterocycles. The second-order valence-corrected chi connectivity index (χ2v) is 4.89. The molecule has 18 heavy (non-hydrogen) atoms. The van der Waals surface area contributed by atoms with Crippen molar-refractivity contribution in [2.24, 2.45) is 7.05 Å². The van der Waals surface area contributed by atoms with Crippen molar-refractivity contribution in [3.63, 3.8) is 0 Å². The third-order valence-corrected chi connectivity index (χ3v) is 3.15. The maximum absolute atomic E-state index is 5.92. The molecule has 0 spiro atoms. The minimum absolute atomic E-state index is 0.382. The molecule has 1 saturated carbocycles. The van der Waals surface area contributed by atoms with Gasteiger partial charge in [0, 0.05) is 18.7 Å². The third kappa shape index (κ3) is 2.06. The number of hydrogen-bond donors (Lipinski definition) is 1. The Morgan fingerprint density at radius 1 is 1.33 bits per heavy atom. The summed E-state index contributed by atoms with van der Waals surface area (Å²) in [5.74, 6) is 1.56. The number of rotatable bonds is 3. The lowest BCUT2D eigenvalue weighted by Gasteiger charge is -2.10. The minimum atomic E-state index is 0.382. The summed E-state index contributed by atoms with van der Waals surface area (Å²) < 4.78 is 7.60. The van der Waals surface area contributed by atoms with Crippen LogP contribution in [0.15, 0.2) is 24.3 Å². The van der Waals surface area contributed by atoms with Gasteiger partial charge in [0.1, 0.15) is 11.6 Å². The van der Waals surface area contributed by atoms with E-state index in [1.807, 2.05) is 19.2 Å². The van der Waals surface area contributed by atoms with Crippen LogP contribution >= 0.6 is 0 Å². The van der Waals surface area contributed by atoms with E-state index in [9.17, 15) is 0 Å². The van der Waals surface area contributed by atoms with Crippen LogP contribution in [0.25, 0.3) is 11.3 Å². The lowest BCUT2D eigenvalue weighted by Crippen LogP contribution is -1.99. The zero-order valence-corrected chi connectivity index (χ0v) is 10.7. The Morgan fingerprint density at radius 3 is 2.72 bits per heavy atom. The Labute approximate surface area is 106 Å². The number of aryl methyl sites for hydroxylation is 2. The maximum Gasteiger partial charge on any atom is 0.129 e. The molecule has 1 aromatic carbocycles. The summed E-state index contributed by atoms with van der Waals surface area (Å²) in [6.45, 7) is 2.07. The molecular formula is C14H17N3O. The predicted molar refractivity (Wildman–Crippen MR) is 71.4 cm³/mol. The second kappa shape index (κ2) is 4.05. The molecule has 4 heteroatoms. The fourth-order valence-corrected chi connectivity index (χ4v) is 1.93. The van der Waals surface area contributed by atoms with E-state index < -0.39 is 0 Å². The highest BCUT2D eigenvalue weighted by Crippen LogP contribution is 2.35. The van der Waals surface area contributed by atoms with Gasteiger partial charge in [0.15, 0.2) is 0 Å². The normalized spacial score (nSPS) is 14.8. The number of hydrogen-bond acceptors (Lipinski definition) is 3. The smallest absolute Gasteiger partial charge is 0.129 e. The number of aromatic nitrogens is 2. The monoisotopic (exact) mass is 243 g/mol. The van der Waals surface area contributed by atoms with Crippen molar-refractivity contribution >= 4 is 5.82 Å². The molecule has 0 radical (unpaired) electrons. The van der Waals surface area contributed by atoms with Gasteiger partial charge in [0.05, 0.1) is 11.8 Å². The molecule has 2 aromatic rings. The topological polar surface area (TPSA) is 53.1 Å². The van der Waals surface area contributed by atoms with Crippen LogP contribution in [0, 0.1) is 6.92 Å². The standard InChI is InChI=1S/C14H17N3O/c1-9-3-6-13(18-10-4-5-10)11(7-9)12-8-14(15)17(2)16-12/h3,6-8,10H,4-5,15H2,1-2H3. The molecular weight excluding hydrogens is 226 g/mol. The first-order chi connectivity index (χ1) is 8.63. The number of nitrogens with zero attached hydrogens (tertiary/aromatic N) is 2. The van der Waals surface area contributed by atoms with Crippen LogP contribution in [0.4, 0.5) is 5.82 Å². The van der Waals surface area contributed by atoms with E-state index in [1.165, 1.54) is 5.56 Å². The number of anilines is 1. The quantitative estimate of drug-likeness (QED) is 0.901. The molecule has 0 atom stereocenters. The summed E-state index contributed by atoms with van der Waals surface area (Å²) in [7, 11) is 1.84. The first kappa shape index (κ1) is 11.1. The Morgan fingerprint density at radius 2 is 2.11 bits per heavy atom. The lowest BCUT2D eigenvalue weighted by molar-refractivity contribution is 0.304. The number of ether oxygens (including phenoxy) is 1. The van der Waals surface area contributed by atoms with E-state index in [0.29, 0.717) is 11.9 Å². The number of nitrogen functional groups attached to an aromatic ring is 1. The van der Waals surface area contributed by atoms with E-state index in [2.05, 4.69) is 24.2 Å². The fraction of sp³-hybridized carbons (Fsp3) is 0.357. The summed E-state index contributed by atoms with van der Waals surface area (Å²) in [6, 6.07) is 8.06. The van der Waals surface area contributed by atoms with E-state index in [-0.39, 0.29) is 0 Å². The molecule has 0 aliphatic heterocycles. The average molecular weight is 243 g/mol. The Balaban J connectivity index is 2.04. The van der Waals surface area contributed by atoms with Crippen LogP contribution in [0.1, 0.15) is 18.4 Å². The minimum Gasteiger partial charge on any atom is -0.490 e. The summed E-state index contributed by atoms with van der Waals surface area (Å²) in [4.78, 5) is 0.